The summed E-state index contributed by atoms with van der Waals surface area (Å²) >= 11 is 0. The van der Waals surface area contributed by atoms with Crippen molar-refractivity contribution in [2.24, 2.45) is 0 Å². The molecular formula is C23H33N3O4S. The molecule has 1 aliphatic heterocycles. The van der Waals surface area contributed by atoms with Crippen LogP contribution in [-0.2, 0) is 15.6 Å². The predicted molar refractivity (Wildman–Crippen MR) is 125 cm³/mol. The molecule has 2 aromatic rings. The lowest BCUT2D eigenvalue weighted by atomic mass is 9.91. The third kappa shape index (κ3) is 5.19. The van der Waals surface area contributed by atoms with Crippen LogP contribution in [0.15, 0.2) is 48.5 Å². The second kappa shape index (κ2) is 9.28. The fraction of sp³-hybridized carbons (Fsp3) is 0.435. The highest BCUT2D eigenvalue weighted by Gasteiger charge is 2.32. The van der Waals surface area contributed by atoms with Crippen LogP contribution in [0.5, 0.6) is 5.75 Å². The van der Waals surface area contributed by atoms with E-state index in [0.717, 1.165) is 13.1 Å². The molecule has 31 heavy (non-hydrogen) atoms. The van der Waals surface area contributed by atoms with E-state index in [-0.39, 0.29) is 18.6 Å². The molecule has 1 heterocycles. The monoisotopic (exact) mass is 447 g/mol. The maximum absolute atomic E-state index is 13.1. The Morgan fingerprint density at radius 1 is 1.10 bits per heavy atom. The number of anilines is 1. The van der Waals surface area contributed by atoms with Gasteiger partial charge < -0.3 is 9.64 Å². The molecule has 170 valence electrons. The zero-order valence-electron chi connectivity index (χ0n) is 18.6. The summed E-state index contributed by atoms with van der Waals surface area (Å²) in [6.07, 6.45) is 0. The number of piperazine rings is 1. The smallest absolute Gasteiger partial charge is 0.254 e. The first-order valence-electron chi connectivity index (χ1n) is 10.5. The van der Waals surface area contributed by atoms with Gasteiger partial charge in [-0.2, -0.15) is 0 Å². The standard InChI is InChI=1S/C23H31N3O4S.H2/c1-5-31(28,29)24-20-12-11-18(17-21(20)30-4)22(27)25-13-15-26(16-14-25)23(2,3)19-9-7-6-8-10-19;/h6-12,17,24H,5,13-16H2,1-4H3;1H. The number of methoxy groups -OCH3 is 1. The van der Waals surface area contributed by atoms with Crippen molar-refractivity contribution in [3.8, 4) is 5.75 Å². The van der Waals surface area contributed by atoms with Crippen LogP contribution in [0.2, 0.25) is 0 Å². The number of nitrogens with zero attached hydrogens (tertiary/aromatic N) is 2. The zero-order valence-corrected chi connectivity index (χ0v) is 19.4. The Morgan fingerprint density at radius 3 is 2.32 bits per heavy atom. The van der Waals surface area contributed by atoms with E-state index in [1.54, 1.807) is 25.1 Å². The molecular weight excluding hydrogens is 414 g/mol. The number of carbonyl (C=O) groups excluding carboxylic acids is 1. The lowest BCUT2D eigenvalue weighted by Crippen LogP contribution is -2.54. The summed E-state index contributed by atoms with van der Waals surface area (Å²) in [6.45, 7) is 8.79. The number of nitrogens with one attached hydrogen (secondary N) is 1. The van der Waals surface area contributed by atoms with Crippen LogP contribution in [-0.4, -0.2) is 63.2 Å². The molecule has 0 unspecified atom stereocenters. The summed E-state index contributed by atoms with van der Waals surface area (Å²) in [4.78, 5) is 17.3. The van der Waals surface area contributed by atoms with Crippen molar-refractivity contribution < 1.29 is 19.4 Å². The van der Waals surface area contributed by atoms with Crippen LogP contribution in [0.1, 0.15) is 38.1 Å². The van der Waals surface area contributed by atoms with Crippen molar-refractivity contribution in [2.75, 3.05) is 43.8 Å². The van der Waals surface area contributed by atoms with Gasteiger partial charge in [-0.1, -0.05) is 30.3 Å². The first kappa shape index (κ1) is 23.1. The highest BCUT2D eigenvalue weighted by molar-refractivity contribution is 7.92. The molecule has 0 radical (unpaired) electrons. The SMILES string of the molecule is CCS(=O)(=O)Nc1ccc(C(=O)N2CCN(C(C)(C)c3ccccc3)CC2)cc1OC.[HH]. The molecule has 0 aliphatic carbocycles. The Balaban J connectivity index is 0.00000363. The summed E-state index contributed by atoms with van der Waals surface area (Å²) in [5.41, 5.74) is 1.95. The number of hydrogen-bond donors (Lipinski definition) is 1. The topological polar surface area (TPSA) is 79.0 Å². The number of carbonyl (C=O) groups is 1. The highest BCUT2D eigenvalue weighted by Crippen LogP contribution is 2.30. The summed E-state index contributed by atoms with van der Waals surface area (Å²) in [6, 6.07) is 15.2. The Kier molecular flexibility index (Phi) is 6.91. The second-order valence-corrected chi connectivity index (χ2v) is 10.1. The van der Waals surface area contributed by atoms with E-state index in [9.17, 15) is 13.2 Å². The van der Waals surface area contributed by atoms with Gasteiger partial charge in [-0.15, -0.1) is 0 Å². The normalized spacial score (nSPS) is 15.5. The lowest BCUT2D eigenvalue weighted by Gasteiger charge is -2.44. The van der Waals surface area contributed by atoms with Crippen LogP contribution in [0.3, 0.4) is 0 Å². The molecule has 1 fully saturated rings. The molecule has 3 rings (SSSR count). The average molecular weight is 448 g/mol. The Morgan fingerprint density at radius 2 is 1.74 bits per heavy atom. The van der Waals surface area contributed by atoms with E-state index in [1.807, 2.05) is 11.0 Å². The van der Waals surface area contributed by atoms with E-state index in [4.69, 9.17) is 4.74 Å². The minimum atomic E-state index is -3.43. The number of benzene rings is 2. The quantitative estimate of drug-likeness (QED) is 0.704. The Hall–Kier alpha value is -2.58. The first-order chi connectivity index (χ1) is 14.7. The summed E-state index contributed by atoms with van der Waals surface area (Å²) < 4.78 is 31.5. The Bertz CT molecular complexity index is 1020. The number of amides is 1. The molecule has 0 aromatic heterocycles. The number of hydrogen-bond acceptors (Lipinski definition) is 5. The van der Waals surface area contributed by atoms with Crippen LogP contribution in [0.4, 0.5) is 5.69 Å². The van der Waals surface area contributed by atoms with Gasteiger partial charge in [-0.25, -0.2) is 8.42 Å². The second-order valence-electron chi connectivity index (χ2n) is 8.12. The summed E-state index contributed by atoms with van der Waals surface area (Å²) in [7, 11) is -1.98. The van der Waals surface area contributed by atoms with E-state index < -0.39 is 10.0 Å². The van der Waals surface area contributed by atoms with Crippen molar-refractivity contribution >= 4 is 21.6 Å². The largest absolute Gasteiger partial charge is 0.495 e. The minimum Gasteiger partial charge on any atom is -0.495 e. The van der Waals surface area contributed by atoms with Gasteiger partial charge >= 0.3 is 0 Å². The number of ether oxygens (including phenoxy) is 1. The van der Waals surface area contributed by atoms with E-state index in [2.05, 4.69) is 47.7 Å². The van der Waals surface area contributed by atoms with Gasteiger partial charge in [-0.05, 0) is 44.5 Å². The van der Waals surface area contributed by atoms with Crippen molar-refractivity contribution in [2.45, 2.75) is 26.3 Å². The molecule has 0 spiro atoms. The predicted octanol–water partition coefficient (Wildman–Crippen LogP) is 3.40. The van der Waals surface area contributed by atoms with Gasteiger partial charge in [0.05, 0.1) is 18.6 Å². The fourth-order valence-electron chi connectivity index (χ4n) is 3.83. The Labute approximate surface area is 186 Å². The first-order valence-corrected chi connectivity index (χ1v) is 12.1. The summed E-state index contributed by atoms with van der Waals surface area (Å²) in [5, 5.41) is 0. The van der Waals surface area contributed by atoms with Crippen molar-refractivity contribution in [1.82, 2.24) is 9.80 Å². The average Bonchev–Trinajstić information content (AvgIpc) is 2.79. The van der Waals surface area contributed by atoms with Gasteiger partial charge in [0.25, 0.3) is 5.91 Å². The van der Waals surface area contributed by atoms with Crippen molar-refractivity contribution in [1.29, 1.82) is 0 Å². The molecule has 0 atom stereocenters. The van der Waals surface area contributed by atoms with E-state index >= 15 is 0 Å². The van der Waals surface area contributed by atoms with Gasteiger partial charge in [0.15, 0.2) is 0 Å². The molecule has 0 bridgehead atoms. The van der Waals surface area contributed by atoms with Crippen LogP contribution < -0.4 is 9.46 Å². The van der Waals surface area contributed by atoms with E-state index in [1.165, 1.54) is 12.7 Å². The molecule has 1 amide bonds. The van der Waals surface area contributed by atoms with Crippen LogP contribution in [0, 0.1) is 0 Å². The minimum absolute atomic E-state index is 0. The van der Waals surface area contributed by atoms with Gasteiger partial charge in [0.1, 0.15) is 5.75 Å². The molecule has 7 nitrogen and oxygen atoms in total. The molecule has 2 aromatic carbocycles. The molecule has 1 aliphatic rings. The number of sulfonamides is 1. The molecule has 1 N–H and O–H groups in total. The van der Waals surface area contributed by atoms with Crippen LogP contribution in [0.25, 0.3) is 0 Å². The lowest BCUT2D eigenvalue weighted by molar-refractivity contribution is 0.0391. The van der Waals surface area contributed by atoms with Gasteiger partial charge in [0.2, 0.25) is 10.0 Å². The van der Waals surface area contributed by atoms with E-state index in [0.29, 0.717) is 30.1 Å². The maximum atomic E-state index is 13.1. The van der Waals surface area contributed by atoms with Crippen molar-refractivity contribution in [3.63, 3.8) is 0 Å². The number of rotatable bonds is 7. The van der Waals surface area contributed by atoms with Crippen LogP contribution >= 0.6 is 0 Å². The summed E-state index contributed by atoms with van der Waals surface area (Å²) in [5.74, 6) is 0.201. The maximum Gasteiger partial charge on any atom is 0.254 e. The highest BCUT2D eigenvalue weighted by atomic mass is 32.2. The zero-order chi connectivity index (χ0) is 22.6. The fourth-order valence-corrected chi connectivity index (χ4v) is 4.48. The van der Waals surface area contributed by atoms with Gasteiger partial charge in [0, 0.05) is 38.7 Å². The molecule has 0 saturated carbocycles. The molecule has 8 heteroatoms. The van der Waals surface area contributed by atoms with Crippen molar-refractivity contribution in [3.05, 3.63) is 59.7 Å². The molecule has 1 saturated heterocycles. The third-order valence-electron chi connectivity index (χ3n) is 5.93. The van der Waals surface area contributed by atoms with Gasteiger partial charge in [-0.3, -0.25) is 14.4 Å². The third-order valence-corrected chi connectivity index (χ3v) is 7.22.